The molecule has 0 saturated heterocycles. The Morgan fingerprint density at radius 3 is 2.42 bits per heavy atom. The van der Waals surface area contributed by atoms with Crippen LogP contribution in [0.2, 0.25) is 18.1 Å². The van der Waals surface area contributed by atoms with Crippen LogP contribution in [0.5, 0.6) is 0 Å². The first-order valence-electron chi connectivity index (χ1n) is 11.1. The van der Waals surface area contributed by atoms with E-state index < -0.39 is 8.32 Å². The normalized spacial score (nSPS) is 31.3. The maximum Gasteiger partial charge on any atom is 0.250 e. The highest BCUT2D eigenvalue weighted by Crippen LogP contribution is 2.50. The van der Waals surface area contributed by atoms with Gasteiger partial charge < -0.3 is 4.43 Å². The van der Waals surface area contributed by atoms with E-state index in [9.17, 15) is 4.79 Å². The second-order valence-electron chi connectivity index (χ2n) is 10.7. The lowest BCUT2D eigenvalue weighted by molar-refractivity contribution is -0.120. The molecule has 3 saturated carbocycles. The van der Waals surface area contributed by atoms with E-state index in [1.807, 2.05) is 0 Å². The third-order valence-corrected chi connectivity index (χ3v) is 12.2. The van der Waals surface area contributed by atoms with Crippen LogP contribution in [-0.4, -0.2) is 14.1 Å². The molecule has 3 heteroatoms. The number of hydrogen-bond donors (Lipinski definition) is 0. The van der Waals surface area contributed by atoms with Crippen LogP contribution < -0.4 is 0 Å². The zero-order valence-corrected chi connectivity index (χ0v) is 18.8. The van der Waals surface area contributed by atoms with Gasteiger partial charge in [0.2, 0.25) is 8.32 Å². The molecule has 3 aliphatic rings. The molecular weight excluding hydrogens is 336 g/mol. The molecular formula is C23H40O2Si. The van der Waals surface area contributed by atoms with Gasteiger partial charge in [-0.25, -0.2) is 0 Å². The summed E-state index contributed by atoms with van der Waals surface area (Å²) < 4.78 is 6.91. The third kappa shape index (κ3) is 4.29. The van der Waals surface area contributed by atoms with Gasteiger partial charge in [0.1, 0.15) is 5.78 Å². The first-order valence-corrected chi connectivity index (χ1v) is 14.0. The van der Waals surface area contributed by atoms with Gasteiger partial charge in [-0.2, -0.15) is 0 Å². The predicted molar refractivity (Wildman–Crippen MR) is 112 cm³/mol. The van der Waals surface area contributed by atoms with Crippen LogP contribution in [-0.2, 0) is 9.22 Å². The summed E-state index contributed by atoms with van der Waals surface area (Å²) in [5.74, 6) is 4.06. The molecule has 0 radical (unpaired) electrons. The Morgan fingerprint density at radius 1 is 1.08 bits per heavy atom. The van der Waals surface area contributed by atoms with Gasteiger partial charge in [0.15, 0.2) is 0 Å². The lowest BCUT2D eigenvalue weighted by atomic mass is 9.85. The highest BCUT2D eigenvalue weighted by atomic mass is 28.4. The van der Waals surface area contributed by atoms with E-state index in [4.69, 9.17) is 4.43 Å². The average Bonchev–Trinajstić information content (AvgIpc) is 3.15. The number of carbonyl (C=O) groups is 1. The summed E-state index contributed by atoms with van der Waals surface area (Å²) in [5.41, 5.74) is 0. The number of rotatable bonds is 5. The van der Waals surface area contributed by atoms with E-state index in [-0.39, 0.29) is 5.04 Å². The van der Waals surface area contributed by atoms with E-state index in [1.165, 1.54) is 44.3 Å². The van der Waals surface area contributed by atoms with Crippen molar-refractivity contribution in [2.45, 2.75) is 103 Å². The van der Waals surface area contributed by atoms with Crippen LogP contribution in [0.4, 0.5) is 0 Å². The van der Waals surface area contributed by atoms with Crippen molar-refractivity contribution in [3.63, 3.8) is 0 Å². The van der Waals surface area contributed by atoms with Crippen molar-refractivity contribution in [2.75, 3.05) is 0 Å². The summed E-state index contributed by atoms with van der Waals surface area (Å²) in [5, 5.41) is 0.223. The van der Waals surface area contributed by atoms with Gasteiger partial charge in [-0.3, -0.25) is 4.79 Å². The van der Waals surface area contributed by atoms with E-state index in [0.29, 0.717) is 23.5 Å². The van der Waals surface area contributed by atoms with Gasteiger partial charge in [0.05, 0.1) is 5.76 Å². The fraction of sp³-hybridized carbons (Fsp3) is 0.870. The molecule has 3 rings (SSSR count). The molecule has 26 heavy (non-hydrogen) atoms. The van der Waals surface area contributed by atoms with E-state index in [0.717, 1.165) is 31.6 Å². The van der Waals surface area contributed by atoms with Gasteiger partial charge in [0.25, 0.3) is 0 Å². The average molecular weight is 377 g/mol. The van der Waals surface area contributed by atoms with Crippen LogP contribution >= 0.6 is 0 Å². The van der Waals surface area contributed by atoms with E-state index >= 15 is 0 Å². The first-order chi connectivity index (χ1) is 12.2. The molecule has 0 aromatic heterocycles. The summed E-state index contributed by atoms with van der Waals surface area (Å²) in [7, 11) is -1.84. The van der Waals surface area contributed by atoms with Crippen molar-refractivity contribution in [3.8, 4) is 0 Å². The molecule has 3 aliphatic carbocycles. The van der Waals surface area contributed by atoms with Crippen molar-refractivity contribution in [3.05, 3.63) is 11.8 Å². The molecule has 3 atom stereocenters. The van der Waals surface area contributed by atoms with Crippen molar-refractivity contribution >= 4 is 14.1 Å². The van der Waals surface area contributed by atoms with Crippen LogP contribution in [0, 0.1) is 23.7 Å². The molecule has 148 valence electrons. The molecule has 0 N–H and O–H groups in total. The molecule has 0 aliphatic heterocycles. The summed E-state index contributed by atoms with van der Waals surface area (Å²) in [6, 6.07) is 0. The zero-order valence-electron chi connectivity index (χ0n) is 17.8. The van der Waals surface area contributed by atoms with Crippen molar-refractivity contribution < 1.29 is 9.22 Å². The number of Topliss-reactive ketones (excluding diaryl/α,β-unsaturated/α-hetero) is 1. The maximum absolute atomic E-state index is 12.2. The molecule has 0 heterocycles. The minimum absolute atomic E-state index is 0.223. The van der Waals surface area contributed by atoms with E-state index in [2.05, 4.69) is 39.9 Å². The minimum atomic E-state index is -1.84. The number of fused-ring (bicyclic) bond motifs is 1. The summed E-state index contributed by atoms with van der Waals surface area (Å²) >= 11 is 0. The topological polar surface area (TPSA) is 26.3 Å². The molecule has 2 nitrogen and oxygen atoms in total. The van der Waals surface area contributed by atoms with Crippen molar-refractivity contribution in [2.24, 2.45) is 23.7 Å². The number of ketones is 1. The number of hydrogen-bond acceptors (Lipinski definition) is 2. The smallest absolute Gasteiger partial charge is 0.250 e. The second kappa shape index (κ2) is 7.81. The fourth-order valence-corrected chi connectivity index (χ4v) is 6.27. The minimum Gasteiger partial charge on any atom is -0.547 e. The number of carbonyl (C=O) groups excluding carboxylic acids is 1. The third-order valence-electron chi connectivity index (χ3n) is 7.88. The monoisotopic (exact) mass is 376 g/mol. The Labute approximate surface area is 162 Å². The molecule has 0 aromatic carbocycles. The van der Waals surface area contributed by atoms with Crippen LogP contribution in [0.15, 0.2) is 11.8 Å². The highest BCUT2D eigenvalue weighted by Gasteiger charge is 2.48. The van der Waals surface area contributed by atoms with Gasteiger partial charge in [0, 0.05) is 18.3 Å². The van der Waals surface area contributed by atoms with Crippen LogP contribution in [0.25, 0.3) is 0 Å². The van der Waals surface area contributed by atoms with Crippen molar-refractivity contribution in [1.29, 1.82) is 0 Å². The quantitative estimate of drug-likeness (QED) is 0.386. The van der Waals surface area contributed by atoms with Crippen LogP contribution in [0.1, 0.15) is 85.0 Å². The Balaban J connectivity index is 1.78. The summed E-state index contributed by atoms with van der Waals surface area (Å²) in [6.45, 7) is 11.7. The second-order valence-corrected chi connectivity index (χ2v) is 15.4. The molecule has 0 amide bonds. The standard InChI is InChI=1S/C23H40O2Si/c1-23(2,3)26(4,5)25-22(16-11-17-9-7-6-8-10-17)20-13-12-19-18(20)14-15-21(19)24/h16-20H,6-15H2,1-5H3/b22-16+/t18?,19?,20-/m0/s1. The van der Waals surface area contributed by atoms with Gasteiger partial charge in [-0.15, -0.1) is 0 Å². The molecule has 3 fully saturated rings. The Kier molecular flexibility index (Phi) is 6.06. The zero-order chi connectivity index (χ0) is 18.9. The molecule has 0 aromatic rings. The Morgan fingerprint density at radius 2 is 1.77 bits per heavy atom. The highest BCUT2D eigenvalue weighted by molar-refractivity contribution is 6.74. The van der Waals surface area contributed by atoms with Crippen LogP contribution in [0.3, 0.4) is 0 Å². The maximum atomic E-state index is 12.2. The predicted octanol–water partition coefficient (Wildman–Crippen LogP) is 6.87. The lowest BCUT2D eigenvalue weighted by Crippen LogP contribution is -2.41. The first kappa shape index (κ1) is 20.2. The Bertz CT molecular complexity index is 537. The summed E-state index contributed by atoms with van der Waals surface area (Å²) in [4.78, 5) is 12.2. The number of allylic oxidation sites excluding steroid dienone is 2. The van der Waals surface area contributed by atoms with Gasteiger partial charge in [-0.1, -0.05) is 52.9 Å². The molecule has 2 unspecified atom stereocenters. The Hall–Kier alpha value is -0.573. The molecule has 0 bridgehead atoms. The van der Waals surface area contributed by atoms with Crippen molar-refractivity contribution in [1.82, 2.24) is 0 Å². The molecule has 0 spiro atoms. The van der Waals surface area contributed by atoms with Gasteiger partial charge >= 0.3 is 0 Å². The SMILES string of the molecule is CC(C)(C)[Si](C)(C)O/C(=C/CC1CCCCC1)[C@H]1CCC2C(=O)CCC21. The largest absolute Gasteiger partial charge is 0.547 e. The van der Waals surface area contributed by atoms with Gasteiger partial charge in [-0.05, 0) is 61.7 Å². The van der Waals surface area contributed by atoms with E-state index in [1.54, 1.807) is 0 Å². The fourth-order valence-electron chi connectivity index (χ4n) is 5.14. The lowest BCUT2D eigenvalue weighted by Gasteiger charge is -2.39. The summed E-state index contributed by atoms with van der Waals surface area (Å²) in [6.07, 6.45) is 14.8.